The van der Waals surface area contributed by atoms with Crippen molar-refractivity contribution in [2.45, 2.75) is 38.9 Å². The fraction of sp³-hybridized carbons (Fsp3) is 0.158. The summed E-state index contributed by atoms with van der Waals surface area (Å²) in [5.41, 5.74) is 6.48. The number of rotatable bonds is 3. The fourth-order valence-corrected chi connectivity index (χ4v) is 6.30. The van der Waals surface area contributed by atoms with Gasteiger partial charge in [-0.1, -0.05) is 97.1 Å². The van der Waals surface area contributed by atoms with Gasteiger partial charge in [-0.15, -0.1) is 0 Å². The Hall–Kier alpha value is -4.38. The maximum Gasteiger partial charge on any atom is 0.495 e. The predicted octanol–water partition coefficient (Wildman–Crippen LogP) is 9.53. The zero-order valence-electron chi connectivity index (χ0n) is 24.3. The number of hydrogen-bond donors (Lipinski definition) is 0. The minimum absolute atomic E-state index is 0.427. The molecule has 42 heavy (non-hydrogen) atoms. The molecule has 6 aromatic carbocycles. The third-order valence-electron chi connectivity index (χ3n) is 9.31. The normalized spacial score (nSPS) is 16.2. The van der Waals surface area contributed by atoms with Gasteiger partial charge in [-0.2, -0.15) is 0 Å². The van der Waals surface area contributed by atoms with E-state index >= 15 is 0 Å². The highest BCUT2D eigenvalue weighted by Crippen LogP contribution is 2.43. The van der Waals surface area contributed by atoms with E-state index in [1.165, 1.54) is 32.7 Å². The summed E-state index contributed by atoms with van der Waals surface area (Å²) in [6, 6.07) is 41.0. The van der Waals surface area contributed by atoms with Gasteiger partial charge in [-0.25, -0.2) is 0 Å². The van der Waals surface area contributed by atoms with Crippen molar-refractivity contribution in [3.63, 3.8) is 0 Å². The summed E-state index contributed by atoms with van der Waals surface area (Å²) >= 11 is 0. The van der Waals surface area contributed by atoms with Gasteiger partial charge in [0.05, 0.1) is 11.2 Å². The molecule has 1 aromatic heterocycles. The van der Waals surface area contributed by atoms with Crippen LogP contribution in [0, 0.1) is 0 Å². The van der Waals surface area contributed by atoms with Crippen molar-refractivity contribution in [3.8, 4) is 22.3 Å². The van der Waals surface area contributed by atoms with Crippen LogP contribution in [-0.4, -0.2) is 18.3 Å². The zero-order valence-corrected chi connectivity index (χ0v) is 24.3. The van der Waals surface area contributed by atoms with Crippen LogP contribution in [0.5, 0.6) is 0 Å². The highest BCUT2D eigenvalue weighted by Gasteiger charge is 2.52. The molecule has 0 aliphatic carbocycles. The topological polar surface area (TPSA) is 31.6 Å². The Bertz CT molecular complexity index is 2140. The molecule has 204 valence electrons. The quantitative estimate of drug-likeness (QED) is 0.207. The molecule has 4 heteroatoms. The molecule has 8 rings (SSSR count). The molecule has 1 fully saturated rings. The van der Waals surface area contributed by atoms with Crippen molar-refractivity contribution in [1.82, 2.24) is 0 Å². The first-order valence-electron chi connectivity index (χ1n) is 14.6. The first kappa shape index (κ1) is 25.3. The smallest absolute Gasteiger partial charge is 0.455 e. The van der Waals surface area contributed by atoms with Gasteiger partial charge in [0.2, 0.25) is 0 Å². The number of fused-ring (bicyclic) bond motifs is 5. The number of hydrogen-bond acceptors (Lipinski definition) is 3. The Morgan fingerprint density at radius 1 is 0.524 bits per heavy atom. The second kappa shape index (κ2) is 9.06. The van der Waals surface area contributed by atoms with Crippen LogP contribution in [0.1, 0.15) is 27.7 Å². The second-order valence-electron chi connectivity index (χ2n) is 12.4. The highest BCUT2D eigenvalue weighted by molar-refractivity contribution is 6.66. The van der Waals surface area contributed by atoms with Crippen LogP contribution in [0.2, 0.25) is 0 Å². The van der Waals surface area contributed by atoms with Crippen LogP contribution in [0.15, 0.2) is 120 Å². The molecule has 0 unspecified atom stereocenters. The highest BCUT2D eigenvalue weighted by atomic mass is 16.7. The lowest BCUT2D eigenvalue weighted by Gasteiger charge is -2.32. The van der Waals surface area contributed by atoms with Crippen LogP contribution in [0.25, 0.3) is 65.7 Å². The van der Waals surface area contributed by atoms with Crippen molar-refractivity contribution >= 4 is 56.1 Å². The monoisotopic (exact) mass is 546 g/mol. The Labute approximate surface area is 245 Å². The van der Waals surface area contributed by atoms with Gasteiger partial charge in [0.25, 0.3) is 0 Å². The molecule has 0 N–H and O–H groups in total. The Balaban J connectivity index is 1.31. The van der Waals surface area contributed by atoms with Gasteiger partial charge in [0.1, 0.15) is 11.2 Å². The van der Waals surface area contributed by atoms with Crippen molar-refractivity contribution in [1.29, 1.82) is 0 Å². The summed E-state index contributed by atoms with van der Waals surface area (Å²) in [7, 11) is -0.476. The Kier molecular flexibility index (Phi) is 5.47. The average Bonchev–Trinajstić information content (AvgIpc) is 3.47. The maximum atomic E-state index is 6.70. The van der Waals surface area contributed by atoms with Crippen molar-refractivity contribution in [2.75, 3.05) is 0 Å². The maximum absolute atomic E-state index is 6.70. The molecule has 1 aliphatic heterocycles. The number of furan rings is 1. The largest absolute Gasteiger partial charge is 0.495 e. The predicted molar refractivity (Wildman–Crippen MR) is 175 cm³/mol. The first-order chi connectivity index (χ1) is 20.3. The van der Waals surface area contributed by atoms with E-state index in [9.17, 15) is 0 Å². The first-order valence-corrected chi connectivity index (χ1v) is 14.6. The summed E-state index contributed by atoms with van der Waals surface area (Å²) in [4.78, 5) is 0. The lowest BCUT2D eigenvalue weighted by Crippen LogP contribution is -2.41. The third-order valence-corrected chi connectivity index (χ3v) is 9.31. The summed E-state index contributed by atoms with van der Waals surface area (Å²) in [5, 5.41) is 6.95. The van der Waals surface area contributed by atoms with E-state index in [4.69, 9.17) is 13.7 Å². The lowest BCUT2D eigenvalue weighted by atomic mass is 9.76. The van der Waals surface area contributed by atoms with Gasteiger partial charge in [-0.3, -0.25) is 0 Å². The van der Waals surface area contributed by atoms with E-state index in [-0.39, 0.29) is 0 Å². The van der Waals surface area contributed by atoms with Crippen LogP contribution in [0.3, 0.4) is 0 Å². The Morgan fingerprint density at radius 3 is 1.93 bits per heavy atom. The summed E-state index contributed by atoms with van der Waals surface area (Å²) in [5.74, 6) is 0. The van der Waals surface area contributed by atoms with Crippen molar-refractivity contribution < 1.29 is 13.7 Å². The van der Waals surface area contributed by atoms with Crippen LogP contribution < -0.4 is 5.46 Å². The minimum atomic E-state index is -0.476. The molecule has 0 saturated carbocycles. The molecule has 2 heterocycles. The summed E-state index contributed by atoms with van der Waals surface area (Å²) in [6.45, 7) is 8.36. The summed E-state index contributed by atoms with van der Waals surface area (Å²) < 4.78 is 19.7. The SMILES string of the molecule is CC1(C)OB(c2cccc3oc4c(-c5ccc(-c6ccc7ccccc7c6)cc5)c5ccccc5cc4c23)OC1(C)C. The fourth-order valence-electron chi connectivity index (χ4n) is 6.30. The van der Waals surface area contributed by atoms with E-state index in [2.05, 4.69) is 131 Å². The molecule has 0 radical (unpaired) electrons. The van der Waals surface area contributed by atoms with Gasteiger partial charge in [0.15, 0.2) is 0 Å². The number of benzene rings is 6. The van der Waals surface area contributed by atoms with Crippen LogP contribution in [-0.2, 0) is 9.31 Å². The van der Waals surface area contributed by atoms with Gasteiger partial charge in [0, 0.05) is 16.3 Å². The molecule has 0 amide bonds. The summed E-state index contributed by atoms with van der Waals surface area (Å²) in [6.07, 6.45) is 0. The average molecular weight is 546 g/mol. The Morgan fingerprint density at radius 2 is 1.17 bits per heavy atom. The molecule has 1 aliphatic rings. The van der Waals surface area contributed by atoms with Gasteiger partial charge < -0.3 is 13.7 Å². The second-order valence-corrected chi connectivity index (χ2v) is 12.4. The molecule has 0 atom stereocenters. The van der Waals surface area contributed by atoms with E-state index in [1.807, 2.05) is 12.1 Å². The molecule has 7 aromatic rings. The van der Waals surface area contributed by atoms with Crippen LogP contribution in [0.4, 0.5) is 0 Å². The molecule has 3 nitrogen and oxygen atoms in total. The molecule has 0 bridgehead atoms. The molecular weight excluding hydrogens is 515 g/mol. The van der Waals surface area contributed by atoms with E-state index in [1.54, 1.807) is 0 Å². The van der Waals surface area contributed by atoms with E-state index in [0.717, 1.165) is 38.5 Å². The van der Waals surface area contributed by atoms with E-state index in [0.29, 0.717) is 0 Å². The molecule has 1 saturated heterocycles. The lowest BCUT2D eigenvalue weighted by molar-refractivity contribution is 0.00578. The van der Waals surface area contributed by atoms with Crippen molar-refractivity contribution in [3.05, 3.63) is 115 Å². The molecular formula is C38H31BO3. The van der Waals surface area contributed by atoms with Crippen molar-refractivity contribution in [2.24, 2.45) is 0 Å². The minimum Gasteiger partial charge on any atom is -0.455 e. The zero-order chi connectivity index (χ0) is 28.6. The van der Waals surface area contributed by atoms with Gasteiger partial charge >= 0.3 is 7.12 Å². The van der Waals surface area contributed by atoms with Gasteiger partial charge in [-0.05, 0) is 89.6 Å². The standard InChI is InChI=1S/C38H31BO3/c1-37(2)38(3,4)42-39(41-37)32-14-9-15-33-35(32)31-23-29-12-7-8-13-30(29)34(36(31)40-33)26-19-16-25(17-20-26)28-21-18-24-10-5-6-11-27(24)22-28/h5-23H,1-4H3. The third kappa shape index (κ3) is 3.83. The van der Waals surface area contributed by atoms with E-state index < -0.39 is 18.3 Å². The van der Waals surface area contributed by atoms with Crippen LogP contribution >= 0.6 is 0 Å². The molecule has 0 spiro atoms.